The number of nitrogens with two attached hydrogens (primary N) is 1. The molecule has 3 nitrogen and oxygen atoms in total. The summed E-state index contributed by atoms with van der Waals surface area (Å²) < 4.78 is 23.7. The van der Waals surface area contributed by atoms with Gasteiger partial charge in [-0.3, -0.25) is 0 Å². The zero-order chi connectivity index (χ0) is 10.2. The van der Waals surface area contributed by atoms with E-state index < -0.39 is 10.0 Å². The summed E-state index contributed by atoms with van der Waals surface area (Å²) >= 11 is 5.39. The van der Waals surface area contributed by atoms with Crippen molar-refractivity contribution in [2.24, 2.45) is 5.14 Å². The van der Waals surface area contributed by atoms with Crippen molar-refractivity contribution in [3.63, 3.8) is 0 Å². The van der Waals surface area contributed by atoms with Crippen LogP contribution in [0.3, 0.4) is 0 Å². The minimum Gasteiger partial charge on any atom is -0.225 e. The van der Waals surface area contributed by atoms with E-state index in [1.54, 1.807) is 6.07 Å². The van der Waals surface area contributed by atoms with Gasteiger partial charge in [-0.15, -0.1) is 0 Å². The fourth-order valence-electron chi connectivity index (χ4n) is 0.859. The number of hydrogen-bond acceptors (Lipinski definition) is 2. The zero-order valence-corrected chi connectivity index (χ0v) is 11.3. The molecule has 72 valence electrons. The molecule has 0 atom stereocenters. The van der Waals surface area contributed by atoms with Gasteiger partial charge >= 0.3 is 0 Å². The molecule has 0 aromatic heterocycles. The molecule has 6 heteroatoms. The lowest BCUT2D eigenvalue weighted by Gasteiger charge is -2.04. The Hall–Kier alpha value is 0.340. The van der Waals surface area contributed by atoms with E-state index in [1.807, 2.05) is 6.92 Å². The van der Waals surface area contributed by atoms with Crippen LogP contribution >= 0.6 is 38.5 Å². The van der Waals surface area contributed by atoms with Crippen LogP contribution in [0.2, 0.25) is 0 Å². The average molecular weight is 376 g/mol. The maximum absolute atomic E-state index is 11.0. The average Bonchev–Trinajstić information content (AvgIpc) is 1.97. The molecular weight excluding hydrogens is 369 g/mol. The number of sulfonamides is 1. The third-order valence-corrected chi connectivity index (χ3v) is 5.20. The summed E-state index contributed by atoms with van der Waals surface area (Å²) in [6.45, 7) is 1.83. The predicted octanol–water partition coefficient (Wildman–Crippen LogP) is 2.01. The zero-order valence-electron chi connectivity index (χ0n) is 6.71. The number of hydrogen-bond donors (Lipinski definition) is 1. The smallest absolute Gasteiger partial charge is 0.225 e. The molecule has 0 radical (unpaired) electrons. The van der Waals surface area contributed by atoms with Crippen LogP contribution in [0.5, 0.6) is 0 Å². The molecule has 0 unspecified atom stereocenters. The highest BCUT2D eigenvalue weighted by molar-refractivity contribution is 14.1. The van der Waals surface area contributed by atoms with Crippen LogP contribution in [0.1, 0.15) is 5.56 Å². The molecule has 0 amide bonds. The highest BCUT2D eigenvalue weighted by Gasteiger charge is 2.11. The molecule has 1 rings (SSSR count). The topological polar surface area (TPSA) is 60.2 Å². The van der Waals surface area contributed by atoms with Crippen LogP contribution in [-0.4, -0.2) is 8.42 Å². The van der Waals surface area contributed by atoms with Crippen molar-refractivity contribution in [1.29, 1.82) is 0 Å². The Bertz CT molecular complexity index is 421. The molecule has 0 fully saturated rings. The van der Waals surface area contributed by atoms with Gasteiger partial charge in [0.25, 0.3) is 0 Å². The molecule has 1 aromatic rings. The van der Waals surface area contributed by atoms with Gasteiger partial charge in [0, 0.05) is 8.04 Å². The van der Waals surface area contributed by atoms with Gasteiger partial charge in [-0.25, -0.2) is 13.6 Å². The van der Waals surface area contributed by atoms with E-state index in [1.165, 1.54) is 6.07 Å². The molecule has 0 heterocycles. The van der Waals surface area contributed by atoms with Crippen LogP contribution in [0.25, 0.3) is 0 Å². The Morgan fingerprint density at radius 2 is 2.00 bits per heavy atom. The lowest BCUT2D eigenvalue weighted by Crippen LogP contribution is -2.12. The first kappa shape index (κ1) is 11.4. The number of halogens is 2. The van der Waals surface area contributed by atoms with Crippen molar-refractivity contribution in [2.75, 3.05) is 0 Å². The largest absolute Gasteiger partial charge is 0.238 e. The second kappa shape index (κ2) is 3.84. The number of benzene rings is 1. The van der Waals surface area contributed by atoms with E-state index in [0.717, 1.165) is 13.6 Å². The van der Waals surface area contributed by atoms with Gasteiger partial charge in [0.05, 0.1) is 4.90 Å². The highest BCUT2D eigenvalue weighted by atomic mass is 127. The highest BCUT2D eigenvalue weighted by Crippen LogP contribution is 2.25. The normalized spacial score (nSPS) is 11.7. The first-order chi connectivity index (χ1) is 5.82. The molecular formula is C7H7BrINO2S. The summed E-state index contributed by atoms with van der Waals surface area (Å²) in [5, 5.41) is 4.99. The number of aryl methyl sites for hydroxylation is 1. The summed E-state index contributed by atoms with van der Waals surface area (Å²) in [5.41, 5.74) is 0.888. The summed E-state index contributed by atoms with van der Waals surface area (Å²) in [4.78, 5) is 0.136. The molecule has 0 bridgehead atoms. The maximum Gasteiger partial charge on any atom is 0.238 e. The first-order valence-corrected chi connectivity index (χ1v) is 6.72. The van der Waals surface area contributed by atoms with E-state index in [4.69, 9.17) is 5.14 Å². The summed E-state index contributed by atoms with van der Waals surface area (Å²) in [6, 6.07) is 3.06. The first-order valence-electron chi connectivity index (χ1n) is 3.31. The van der Waals surface area contributed by atoms with Crippen molar-refractivity contribution < 1.29 is 8.42 Å². The molecule has 13 heavy (non-hydrogen) atoms. The monoisotopic (exact) mass is 375 g/mol. The van der Waals surface area contributed by atoms with Crippen molar-refractivity contribution in [2.45, 2.75) is 11.8 Å². The van der Waals surface area contributed by atoms with Crippen LogP contribution in [-0.2, 0) is 10.0 Å². The lowest BCUT2D eigenvalue weighted by molar-refractivity contribution is 0.597. The van der Waals surface area contributed by atoms with Gasteiger partial charge < -0.3 is 0 Å². The standard InChI is InChI=1S/C7H7BrINO2S/c1-4-2-5(13(10,11)12)3-6(8)7(4)9/h2-3H,1H3,(H2,10,11,12). The van der Waals surface area contributed by atoms with Gasteiger partial charge in [-0.05, 0) is 63.1 Å². The van der Waals surface area contributed by atoms with Crippen LogP contribution in [0.15, 0.2) is 21.5 Å². The quantitative estimate of drug-likeness (QED) is 0.763. The number of primary sulfonamides is 1. The van der Waals surface area contributed by atoms with Gasteiger partial charge in [-0.1, -0.05) is 0 Å². The van der Waals surface area contributed by atoms with Crippen LogP contribution < -0.4 is 5.14 Å². The second-order valence-corrected chi connectivity index (χ2v) is 6.08. The molecule has 0 saturated heterocycles. The summed E-state index contributed by atoms with van der Waals surface area (Å²) in [6.07, 6.45) is 0. The van der Waals surface area contributed by atoms with Crippen molar-refractivity contribution in [3.8, 4) is 0 Å². The van der Waals surface area contributed by atoms with Gasteiger partial charge in [0.1, 0.15) is 0 Å². The van der Waals surface area contributed by atoms with E-state index in [-0.39, 0.29) is 4.90 Å². The lowest BCUT2D eigenvalue weighted by atomic mass is 10.2. The Labute approximate surface area is 99.0 Å². The molecule has 0 aliphatic heterocycles. The third-order valence-electron chi connectivity index (χ3n) is 1.51. The Morgan fingerprint density at radius 3 is 2.38 bits per heavy atom. The van der Waals surface area contributed by atoms with Gasteiger partial charge in [0.15, 0.2) is 0 Å². The fraction of sp³-hybridized carbons (Fsp3) is 0.143. The van der Waals surface area contributed by atoms with Crippen molar-refractivity contribution >= 4 is 48.5 Å². The summed E-state index contributed by atoms with van der Waals surface area (Å²) in [7, 11) is -3.60. The Kier molecular flexibility index (Phi) is 3.37. The molecule has 2 N–H and O–H groups in total. The van der Waals surface area contributed by atoms with Crippen LogP contribution in [0, 0.1) is 10.5 Å². The fourth-order valence-corrected chi connectivity index (χ4v) is 2.50. The SMILES string of the molecule is Cc1cc(S(N)(=O)=O)cc(Br)c1I. The maximum atomic E-state index is 11.0. The van der Waals surface area contributed by atoms with E-state index in [9.17, 15) is 8.42 Å². The molecule has 0 saturated carbocycles. The molecule has 1 aromatic carbocycles. The van der Waals surface area contributed by atoms with E-state index in [2.05, 4.69) is 38.5 Å². The third kappa shape index (κ3) is 2.64. The van der Waals surface area contributed by atoms with Gasteiger partial charge in [-0.2, -0.15) is 0 Å². The minimum atomic E-state index is -3.60. The van der Waals surface area contributed by atoms with Crippen LogP contribution in [0.4, 0.5) is 0 Å². The predicted molar refractivity (Wildman–Crippen MR) is 63.0 cm³/mol. The van der Waals surface area contributed by atoms with E-state index >= 15 is 0 Å². The van der Waals surface area contributed by atoms with Crippen molar-refractivity contribution in [3.05, 3.63) is 25.7 Å². The van der Waals surface area contributed by atoms with Crippen molar-refractivity contribution in [1.82, 2.24) is 0 Å². The van der Waals surface area contributed by atoms with Gasteiger partial charge in [0.2, 0.25) is 10.0 Å². The minimum absolute atomic E-state index is 0.136. The second-order valence-electron chi connectivity index (χ2n) is 2.58. The Morgan fingerprint density at radius 1 is 1.46 bits per heavy atom. The number of rotatable bonds is 1. The molecule has 0 aliphatic rings. The van der Waals surface area contributed by atoms with E-state index in [0.29, 0.717) is 0 Å². The molecule has 0 aliphatic carbocycles. The molecule has 0 spiro atoms. The summed E-state index contributed by atoms with van der Waals surface area (Å²) in [5.74, 6) is 0. The Balaban J connectivity index is 3.47.